The lowest BCUT2D eigenvalue weighted by Crippen LogP contribution is -2.29. The van der Waals surface area contributed by atoms with Crippen molar-refractivity contribution in [2.24, 2.45) is 0 Å². The molecule has 0 saturated carbocycles. The normalized spacial score (nSPS) is 15.0. The van der Waals surface area contributed by atoms with Crippen LogP contribution in [0.3, 0.4) is 0 Å². The lowest BCUT2D eigenvalue weighted by molar-refractivity contribution is 0.0779. The fourth-order valence-electron chi connectivity index (χ4n) is 3.14. The summed E-state index contributed by atoms with van der Waals surface area (Å²) in [5.41, 5.74) is 1.40. The number of benzene rings is 1. The third-order valence-corrected chi connectivity index (χ3v) is 5.40. The van der Waals surface area contributed by atoms with E-state index in [4.69, 9.17) is 4.74 Å². The van der Waals surface area contributed by atoms with Gasteiger partial charge in [-0.15, -0.1) is 16.9 Å². The van der Waals surface area contributed by atoms with E-state index < -0.39 is 0 Å². The molecule has 1 aliphatic rings. The van der Waals surface area contributed by atoms with Gasteiger partial charge in [-0.05, 0) is 49.9 Å². The molecule has 2 aromatic rings. The SMILES string of the molecule is COc1cc(CN(C)C(=O)c2cn(C3CCNCC3)nn2)ccc1SC. The van der Waals surface area contributed by atoms with E-state index in [0.29, 0.717) is 18.3 Å². The molecule has 8 heteroatoms. The van der Waals surface area contributed by atoms with Crippen LogP contribution in [0.2, 0.25) is 0 Å². The zero-order valence-electron chi connectivity index (χ0n) is 15.4. The molecule has 1 aliphatic heterocycles. The van der Waals surface area contributed by atoms with Crippen LogP contribution in [0.15, 0.2) is 29.3 Å². The van der Waals surface area contributed by atoms with E-state index in [-0.39, 0.29) is 5.91 Å². The van der Waals surface area contributed by atoms with E-state index >= 15 is 0 Å². The second-order valence-corrected chi connectivity index (χ2v) is 7.26. The number of rotatable bonds is 6. The molecule has 0 atom stereocenters. The topological polar surface area (TPSA) is 72.3 Å². The van der Waals surface area contributed by atoms with Gasteiger partial charge in [-0.2, -0.15) is 0 Å². The summed E-state index contributed by atoms with van der Waals surface area (Å²) in [5, 5.41) is 11.6. The Balaban J connectivity index is 1.67. The number of carbonyl (C=O) groups excluding carboxylic acids is 1. The summed E-state index contributed by atoms with van der Waals surface area (Å²) in [6, 6.07) is 6.33. The van der Waals surface area contributed by atoms with Crippen LogP contribution < -0.4 is 10.1 Å². The standard InChI is InChI=1S/C18H25N5O2S/c1-22(11-13-4-5-17(26-3)16(10-13)25-2)18(24)15-12-23(21-20-15)14-6-8-19-9-7-14/h4-5,10,12,14,19H,6-9,11H2,1-3H3. The van der Waals surface area contributed by atoms with Crippen molar-refractivity contribution in [2.45, 2.75) is 30.3 Å². The highest BCUT2D eigenvalue weighted by Gasteiger charge is 2.21. The number of aromatic nitrogens is 3. The van der Waals surface area contributed by atoms with E-state index in [1.54, 1.807) is 37.0 Å². The number of hydrogen-bond donors (Lipinski definition) is 1. The van der Waals surface area contributed by atoms with Crippen LogP contribution in [0.4, 0.5) is 0 Å². The molecule has 0 bridgehead atoms. The van der Waals surface area contributed by atoms with Gasteiger partial charge in [0, 0.05) is 18.5 Å². The Hall–Kier alpha value is -2.06. The Kier molecular flexibility index (Phi) is 6.16. The van der Waals surface area contributed by atoms with Crippen LogP contribution in [0, 0.1) is 0 Å². The monoisotopic (exact) mass is 375 g/mol. The molecule has 1 amide bonds. The van der Waals surface area contributed by atoms with Crippen LogP contribution in [0.1, 0.15) is 34.9 Å². The van der Waals surface area contributed by atoms with Crippen molar-refractivity contribution in [2.75, 3.05) is 33.5 Å². The molecule has 0 unspecified atom stereocenters. The van der Waals surface area contributed by atoms with Gasteiger partial charge in [-0.25, -0.2) is 4.68 Å². The predicted octanol–water partition coefficient (Wildman–Crippen LogP) is 2.21. The van der Waals surface area contributed by atoms with Crippen molar-refractivity contribution in [1.29, 1.82) is 0 Å². The molecular formula is C18H25N5O2S. The Morgan fingerprint density at radius 1 is 1.42 bits per heavy atom. The minimum absolute atomic E-state index is 0.127. The molecule has 7 nitrogen and oxygen atoms in total. The highest BCUT2D eigenvalue weighted by atomic mass is 32.2. The number of carbonyl (C=O) groups is 1. The molecule has 0 aliphatic carbocycles. The number of nitrogens with one attached hydrogen (secondary N) is 1. The van der Waals surface area contributed by atoms with Crippen molar-refractivity contribution in [1.82, 2.24) is 25.2 Å². The zero-order chi connectivity index (χ0) is 18.5. The average Bonchev–Trinajstić information content (AvgIpc) is 3.18. The molecule has 1 N–H and O–H groups in total. The van der Waals surface area contributed by atoms with Gasteiger partial charge < -0.3 is 15.0 Å². The third-order valence-electron chi connectivity index (χ3n) is 4.63. The van der Waals surface area contributed by atoms with Gasteiger partial charge >= 0.3 is 0 Å². The molecule has 3 rings (SSSR count). The minimum Gasteiger partial charge on any atom is -0.496 e. The van der Waals surface area contributed by atoms with E-state index in [1.807, 2.05) is 29.1 Å². The van der Waals surface area contributed by atoms with Gasteiger partial charge in [0.25, 0.3) is 5.91 Å². The van der Waals surface area contributed by atoms with Crippen molar-refractivity contribution in [3.05, 3.63) is 35.7 Å². The Labute approximate surface area is 158 Å². The first kappa shape index (κ1) is 18.7. The first-order valence-electron chi connectivity index (χ1n) is 8.71. The number of hydrogen-bond acceptors (Lipinski definition) is 6. The van der Waals surface area contributed by atoms with E-state index in [1.165, 1.54) is 0 Å². The van der Waals surface area contributed by atoms with Crippen molar-refractivity contribution in [3.63, 3.8) is 0 Å². The summed E-state index contributed by atoms with van der Waals surface area (Å²) in [4.78, 5) is 15.4. The quantitative estimate of drug-likeness (QED) is 0.781. The van der Waals surface area contributed by atoms with Crippen molar-refractivity contribution in [3.8, 4) is 5.75 Å². The summed E-state index contributed by atoms with van der Waals surface area (Å²) in [6.07, 6.45) is 5.80. The number of piperidine rings is 1. The number of nitrogens with zero attached hydrogens (tertiary/aromatic N) is 4. The average molecular weight is 375 g/mol. The molecule has 1 aromatic carbocycles. The smallest absolute Gasteiger partial charge is 0.276 e. The largest absolute Gasteiger partial charge is 0.496 e. The van der Waals surface area contributed by atoms with E-state index in [2.05, 4.69) is 15.6 Å². The molecule has 0 radical (unpaired) electrons. The van der Waals surface area contributed by atoms with Gasteiger partial charge in [-0.3, -0.25) is 4.79 Å². The maximum Gasteiger partial charge on any atom is 0.276 e. The first-order chi connectivity index (χ1) is 12.6. The second-order valence-electron chi connectivity index (χ2n) is 6.42. The molecular weight excluding hydrogens is 350 g/mol. The minimum atomic E-state index is -0.127. The lowest BCUT2D eigenvalue weighted by Gasteiger charge is -2.22. The van der Waals surface area contributed by atoms with E-state index in [9.17, 15) is 4.79 Å². The molecule has 140 valence electrons. The number of ether oxygens (including phenoxy) is 1. The molecule has 1 fully saturated rings. The predicted molar refractivity (Wildman–Crippen MR) is 102 cm³/mol. The van der Waals surface area contributed by atoms with Crippen LogP contribution in [0.25, 0.3) is 0 Å². The zero-order valence-corrected chi connectivity index (χ0v) is 16.3. The number of thioether (sulfide) groups is 1. The molecule has 1 saturated heterocycles. The van der Waals surface area contributed by atoms with Gasteiger partial charge in [-0.1, -0.05) is 11.3 Å². The van der Waals surface area contributed by atoms with Crippen molar-refractivity contribution >= 4 is 17.7 Å². The Bertz CT molecular complexity index is 758. The highest BCUT2D eigenvalue weighted by molar-refractivity contribution is 7.98. The maximum atomic E-state index is 12.7. The highest BCUT2D eigenvalue weighted by Crippen LogP contribution is 2.28. The summed E-state index contributed by atoms with van der Waals surface area (Å²) < 4.78 is 7.25. The summed E-state index contributed by atoms with van der Waals surface area (Å²) >= 11 is 1.64. The lowest BCUT2D eigenvalue weighted by atomic mass is 10.1. The second kappa shape index (κ2) is 8.55. The molecule has 0 spiro atoms. The van der Waals surface area contributed by atoms with Gasteiger partial charge in [0.15, 0.2) is 5.69 Å². The van der Waals surface area contributed by atoms with Crippen LogP contribution in [-0.2, 0) is 6.54 Å². The summed E-state index contributed by atoms with van der Waals surface area (Å²) in [6.45, 7) is 2.44. The molecule has 2 heterocycles. The molecule has 26 heavy (non-hydrogen) atoms. The van der Waals surface area contributed by atoms with Gasteiger partial charge in [0.2, 0.25) is 0 Å². The van der Waals surface area contributed by atoms with Crippen LogP contribution >= 0.6 is 11.8 Å². The van der Waals surface area contributed by atoms with E-state index in [0.717, 1.165) is 42.1 Å². The number of methoxy groups -OCH3 is 1. The number of amides is 1. The van der Waals surface area contributed by atoms with Crippen LogP contribution in [0.5, 0.6) is 5.75 Å². The Morgan fingerprint density at radius 3 is 2.88 bits per heavy atom. The fraction of sp³-hybridized carbons (Fsp3) is 0.500. The van der Waals surface area contributed by atoms with Gasteiger partial charge in [0.1, 0.15) is 5.75 Å². The molecule has 1 aromatic heterocycles. The van der Waals surface area contributed by atoms with Crippen molar-refractivity contribution < 1.29 is 9.53 Å². The first-order valence-corrected chi connectivity index (χ1v) is 9.93. The fourth-order valence-corrected chi connectivity index (χ4v) is 3.69. The summed E-state index contributed by atoms with van der Waals surface area (Å²) in [5.74, 6) is 0.700. The van der Waals surface area contributed by atoms with Gasteiger partial charge in [0.05, 0.1) is 19.3 Å². The maximum absolute atomic E-state index is 12.7. The summed E-state index contributed by atoms with van der Waals surface area (Å²) in [7, 11) is 3.44. The Morgan fingerprint density at radius 2 is 2.19 bits per heavy atom. The third kappa shape index (κ3) is 4.19. The van der Waals surface area contributed by atoms with Crippen LogP contribution in [-0.4, -0.2) is 59.3 Å².